The Morgan fingerprint density at radius 2 is 1.00 bits per heavy atom. The highest BCUT2D eigenvalue weighted by molar-refractivity contribution is 5.67. The van der Waals surface area contributed by atoms with Crippen LogP contribution >= 0.6 is 0 Å². The molecule has 0 atom stereocenters. The van der Waals surface area contributed by atoms with Gasteiger partial charge in [0, 0.05) is 25.0 Å². The molecule has 0 aliphatic heterocycles. The fraction of sp³-hybridized carbons (Fsp3) is 0.231. The Balaban J connectivity index is 2.46. The van der Waals surface area contributed by atoms with Gasteiger partial charge in [-0.05, 0) is 38.1 Å². The van der Waals surface area contributed by atoms with Crippen molar-refractivity contribution in [1.29, 1.82) is 0 Å². The number of esters is 2. The van der Waals surface area contributed by atoms with Crippen molar-refractivity contribution in [2.45, 2.75) is 27.7 Å². The number of carbonyl (C=O) groups is 2. The minimum Gasteiger partial charge on any atom is -0.460 e. The molecule has 30 heavy (non-hydrogen) atoms. The highest BCUT2D eigenvalue weighted by Crippen LogP contribution is 2.09. The van der Waals surface area contributed by atoms with E-state index >= 15 is 0 Å². The molecule has 0 aliphatic carbocycles. The lowest BCUT2D eigenvalue weighted by Gasteiger charge is -2.07. The van der Waals surface area contributed by atoms with Crippen LogP contribution in [-0.4, -0.2) is 25.2 Å². The van der Waals surface area contributed by atoms with E-state index in [0.29, 0.717) is 11.1 Å². The zero-order valence-corrected chi connectivity index (χ0v) is 17.7. The summed E-state index contributed by atoms with van der Waals surface area (Å²) in [6.07, 6.45) is 0. The lowest BCUT2D eigenvalue weighted by molar-refractivity contribution is -0.141. The van der Waals surface area contributed by atoms with Crippen LogP contribution in [0, 0.1) is 37.5 Å². The third-order valence-corrected chi connectivity index (χ3v) is 4.02. The Morgan fingerprint density at radius 1 is 0.667 bits per heavy atom. The summed E-state index contributed by atoms with van der Waals surface area (Å²) in [6.45, 7) is 6.56. The maximum atomic E-state index is 11.3. The first kappa shape index (κ1) is 22.5. The first-order valence-corrected chi connectivity index (χ1v) is 9.49. The van der Waals surface area contributed by atoms with Gasteiger partial charge in [0.1, 0.15) is 13.2 Å². The van der Waals surface area contributed by atoms with Crippen LogP contribution in [0.3, 0.4) is 0 Å². The van der Waals surface area contributed by atoms with Gasteiger partial charge in [-0.25, -0.2) is 0 Å². The summed E-state index contributed by atoms with van der Waals surface area (Å²) in [5.41, 5.74) is 4.89. The monoisotopic (exact) mass is 400 g/mol. The normalized spacial score (nSPS) is 10.5. The molecule has 2 aromatic rings. The Hall–Kier alpha value is -3.76. The lowest BCUT2D eigenvalue weighted by atomic mass is 10.1. The zero-order valence-electron chi connectivity index (χ0n) is 17.7. The van der Waals surface area contributed by atoms with Gasteiger partial charge in [0.05, 0.1) is 11.1 Å². The first-order valence-electron chi connectivity index (χ1n) is 9.49. The molecule has 0 amide bonds. The SMILES string of the molecule is CC(=O)OC/C(C#Cc1ccc(C)cc1)=C(\C#Cc1ccc(C)cc1)COC(C)=O. The highest BCUT2D eigenvalue weighted by atomic mass is 16.5. The van der Waals surface area contributed by atoms with Gasteiger partial charge in [-0.15, -0.1) is 0 Å². The smallest absolute Gasteiger partial charge is 0.302 e. The maximum absolute atomic E-state index is 11.3. The summed E-state index contributed by atoms with van der Waals surface area (Å²) in [6, 6.07) is 15.5. The van der Waals surface area contributed by atoms with E-state index in [9.17, 15) is 9.59 Å². The van der Waals surface area contributed by atoms with Crippen LogP contribution in [0.5, 0.6) is 0 Å². The summed E-state index contributed by atoms with van der Waals surface area (Å²) >= 11 is 0. The van der Waals surface area contributed by atoms with E-state index in [2.05, 4.69) is 23.7 Å². The maximum Gasteiger partial charge on any atom is 0.302 e. The quantitative estimate of drug-likeness (QED) is 0.572. The van der Waals surface area contributed by atoms with Crippen LogP contribution in [0.1, 0.15) is 36.1 Å². The highest BCUT2D eigenvalue weighted by Gasteiger charge is 2.08. The van der Waals surface area contributed by atoms with Gasteiger partial charge in [-0.1, -0.05) is 59.1 Å². The molecule has 0 radical (unpaired) electrons. The van der Waals surface area contributed by atoms with Gasteiger partial charge in [0.2, 0.25) is 0 Å². The molecule has 4 nitrogen and oxygen atoms in total. The van der Waals surface area contributed by atoms with Crippen molar-refractivity contribution >= 4 is 11.9 Å². The standard InChI is InChI=1S/C26H24O4/c1-19-5-9-23(10-6-19)13-15-25(17-29-21(3)27)26(18-30-22(4)28)16-14-24-11-7-20(2)8-12-24/h5-12H,17-18H2,1-4H3/b26-25+. The number of benzene rings is 2. The van der Waals surface area contributed by atoms with Gasteiger partial charge < -0.3 is 9.47 Å². The van der Waals surface area contributed by atoms with E-state index in [0.717, 1.165) is 22.3 Å². The number of carbonyl (C=O) groups excluding carboxylic acids is 2. The molecule has 0 heterocycles. The molecule has 0 aromatic heterocycles. The summed E-state index contributed by atoms with van der Waals surface area (Å²) < 4.78 is 10.3. The van der Waals surface area contributed by atoms with Crippen molar-refractivity contribution in [3.63, 3.8) is 0 Å². The Kier molecular flexibility index (Phi) is 8.48. The molecular weight excluding hydrogens is 376 g/mol. The van der Waals surface area contributed by atoms with Crippen LogP contribution in [0.2, 0.25) is 0 Å². The Morgan fingerprint density at radius 3 is 1.30 bits per heavy atom. The fourth-order valence-electron chi connectivity index (χ4n) is 2.31. The number of aryl methyl sites for hydroxylation is 2. The molecule has 0 fully saturated rings. The van der Waals surface area contributed by atoms with Crippen molar-refractivity contribution in [2.75, 3.05) is 13.2 Å². The third-order valence-electron chi connectivity index (χ3n) is 4.02. The fourth-order valence-corrected chi connectivity index (χ4v) is 2.31. The molecule has 2 rings (SSSR count). The Bertz CT molecular complexity index is 963. The van der Waals surface area contributed by atoms with Crippen molar-refractivity contribution in [1.82, 2.24) is 0 Å². The van der Waals surface area contributed by atoms with Crippen LogP contribution in [0.4, 0.5) is 0 Å². The molecule has 0 unspecified atom stereocenters. The summed E-state index contributed by atoms with van der Waals surface area (Å²) in [5.74, 6) is 11.3. The molecule has 0 bridgehead atoms. The van der Waals surface area contributed by atoms with E-state index in [-0.39, 0.29) is 13.2 Å². The number of hydrogen-bond acceptors (Lipinski definition) is 4. The predicted octanol–water partition coefficient (Wildman–Crippen LogP) is 4.13. The molecule has 0 aliphatic rings. The zero-order chi connectivity index (χ0) is 21.9. The van der Waals surface area contributed by atoms with Gasteiger partial charge >= 0.3 is 11.9 Å². The first-order chi connectivity index (χ1) is 14.3. The average molecular weight is 400 g/mol. The summed E-state index contributed by atoms with van der Waals surface area (Å²) in [5, 5.41) is 0. The molecular formula is C26H24O4. The third kappa shape index (κ3) is 8.09. The van der Waals surface area contributed by atoms with E-state index in [1.807, 2.05) is 62.4 Å². The van der Waals surface area contributed by atoms with Gasteiger partial charge in [0.25, 0.3) is 0 Å². The van der Waals surface area contributed by atoms with Crippen LogP contribution in [0.15, 0.2) is 59.7 Å². The molecule has 4 heteroatoms. The molecule has 0 N–H and O–H groups in total. The Labute approximate surface area is 177 Å². The number of hydrogen-bond donors (Lipinski definition) is 0. The molecule has 0 saturated carbocycles. The number of ether oxygens (including phenoxy) is 2. The van der Waals surface area contributed by atoms with E-state index in [1.165, 1.54) is 13.8 Å². The van der Waals surface area contributed by atoms with E-state index in [4.69, 9.17) is 9.47 Å². The second kappa shape index (κ2) is 11.3. The van der Waals surface area contributed by atoms with Gasteiger partial charge in [-0.3, -0.25) is 9.59 Å². The lowest BCUT2D eigenvalue weighted by Crippen LogP contribution is -2.09. The van der Waals surface area contributed by atoms with Crippen molar-refractivity contribution < 1.29 is 19.1 Å². The van der Waals surface area contributed by atoms with Crippen molar-refractivity contribution in [2.24, 2.45) is 0 Å². The van der Waals surface area contributed by atoms with Gasteiger partial charge in [0.15, 0.2) is 0 Å². The summed E-state index contributed by atoms with van der Waals surface area (Å²) in [4.78, 5) is 22.7. The average Bonchev–Trinajstić information content (AvgIpc) is 2.71. The topological polar surface area (TPSA) is 52.6 Å². The second-order valence-corrected chi connectivity index (χ2v) is 6.75. The minimum absolute atomic E-state index is 0.0482. The largest absolute Gasteiger partial charge is 0.460 e. The number of rotatable bonds is 4. The van der Waals surface area contributed by atoms with E-state index in [1.54, 1.807) is 0 Å². The second-order valence-electron chi connectivity index (χ2n) is 6.75. The molecule has 2 aromatic carbocycles. The molecule has 0 saturated heterocycles. The minimum atomic E-state index is -0.428. The van der Waals surface area contributed by atoms with Crippen LogP contribution < -0.4 is 0 Å². The van der Waals surface area contributed by atoms with Crippen LogP contribution in [-0.2, 0) is 19.1 Å². The predicted molar refractivity (Wildman–Crippen MR) is 116 cm³/mol. The van der Waals surface area contributed by atoms with Crippen molar-refractivity contribution in [3.8, 4) is 23.7 Å². The van der Waals surface area contributed by atoms with E-state index < -0.39 is 11.9 Å². The molecule has 0 spiro atoms. The van der Waals surface area contributed by atoms with Gasteiger partial charge in [-0.2, -0.15) is 0 Å². The van der Waals surface area contributed by atoms with Crippen molar-refractivity contribution in [3.05, 3.63) is 81.9 Å². The summed E-state index contributed by atoms with van der Waals surface area (Å²) in [7, 11) is 0. The van der Waals surface area contributed by atoms with Crippen LogP contribution in [0.25, 0.3) is 0 Å². The molecule has 152 valence electrons.